The number of hydrogen-bond acceptors (Lipinski definition) is 5. The van der Waals surface area contributed by atoms with Crippen LogP contribution < -0.4 is 15.5 Å². The van der Waals surface area contributed by atoms with E-state index in [9.17, 15) is 4.79 Å². The van der Waals surface area contributed by atoms with Crippen LogP contribution in [0.5, 0.6) is 0 Å². The molecule has 4 rings (SSSR count). The number of piperidine rings is 1. The summed E-state index contributed by atoms with van der Waals surface area (Å²) in [5.74, 6) is 0.375. The number of benzene rings is 2. The van der Waals surface area contributed by atoms with E-state index >= 15 is 0 Å². The second-order valence-electron chi connectivity index (χ2n) is 7.15. The Kier molecular flexibility index (Phi) is 6.00. The maximum Gasteiger partial charge on any atom is 0.276 e. The second kappa shape index (κ2) is 9.19. The molecule has 0 atom stereocenters. The monoisotopic (exact) mass is 387 g/mol. The fourth-order valence-corrected chi connectivity index (χ4v) is 3.55. The molecule has 0 spiro atoms. The van der Waals surface area contributed by atoms with Gasteiger partial charge in [0, 0.05) is 31.0 Å². The van der Waals surface area contributed by atoms with E-state index in [2.05, 4.69) is 50.0 Å². The van der Waals surface area contributed by atoms with Crippen molar-refractivity contribution in [1.29, 1.82) is 0 Å². The lowest BCUT2D eigenvalue weighted by molar-refractivity contribution is 0.102. The Morgan fingerprint density at radius 3 is 2.38 bits per heavy atom. The van der Waals surface area contributed by atoms with Crippen LogP contribution in [0, 0.1) is 0 Å². The molecular formula is C23H25N5O. The largest absolute Gasteiger partial charge is 0.371 e. The van der Waals surface area contributed by atoms with Gasteiger partial charge in [0.2, 0.25) is 0 Å². The predicted molar refractivity (Wildman–Crippen MR) is 116 cm³/mol. The summed E-state index contributed by atoms with van der Waals surface area (Å²) in [6, 6.07) is 21.3. The number of amides is 1. The molecule has 148 valence electrons. The molecule has 1 saturated heterocycles. The van der Waals surface area contributed by atoms with E-state index in [1.54, 1.807) is 12.1 Å². The molecule has 0 saturated carbocycles. The van der Waals surface area contributed by atoms with Gasteiger partial charge in [-0.15, -0.1) is 10.2 Å². The number of aromatic nitrogens is 2. The molecular weight excluding hydrogens is 362 g/mol. The van der Waals surface area contributed by atoms with Gasteiger partial charge >= 0.3 is 0 Å². The van der Waals surface area contributed by atoms with E-state index in [0.29, 0.717) is 12.4 Å². The summed E-state index contributed by atoms with van der Waals surface area (Å²) >= 11 is 0. The summed E-state index contributed by atoms with van der Waals surface area (Å²) in [5, 5.41) is 14.4. The van der Waals surface area contributed by atoms with E-state index in [-0.39, 0.29) is 11.6 Å². The molecule has 0 aliphatic carbocycles. The van der Waals surface area contributed by atoms with Crippen LogP contribution in [0.3, 0.4) is 0 Å². The molecule has 1 fully saturated rings. The van der Waals surface area contributed by atoms with Crippen molar-refractivity contribution in [3.63, 3.8) is 0 Å². The fourth-order valence-electron chi connectivity index (χ4n) is 3.55. The van der Waals surface area contributed by atoms with Crippen LogP contribution in [0.15, 0.2) is 66.7 Å². The minimum absolute atomic E-state index is 0.273. The van der Waals surface area contributed by atoms with Crippen LogP contribution in [-0.2, 0) is 6.54 Å². The van der Waals surface area contributed by atoms with Gasteiger partial charge in [0.05, 0.1) is 0 Å². The number of nitrogens with one attached hydrogen (secondary N) is 2. The average Bonchev–Trinajstić information content (AvgIpc) is 2.79. The van der Waals surface area contributed by atoms with Gasteiger partial charge < -0.3 is 15.5 Å². The zero-order valence-corrected chi connectivity index (χ0v) is 16.3. The van der Waals surface area contributed by atoms with Gasteiger partial charge in [-0.1, -0.05) is 36.4 Å². The zero-order valence-electron chi connectivity index (χ0n) is 16.3. The molecule has 0 radical (unpaired) electrons. The molecule has 2 heterocycles. The first-order chi connectivity index (χ1) is 14.3. The molecule has 1 amide bonds. The number of carbonyl (C=O) groups excluding carboxylic acids is 1. The van der Waals surface area contributed by atoms with Gasteiger partial charge in [0.1, 0.15) is 5.82 Å². The highest BCUT2D eigenvalue weighted by Crippen LogP contribution is 2.24. The summed E-state index contributed by atoms with van der Waals surface area (Å²) < 4.78 is 0. The normalized spacial score (nSPS) is 13.7. The maximum absolute atomic E-state index is 12.3. The summed E-state index contributed by atoms with van der Waals surface area (Å²) in [6.45, 7) is 2.89. The maximum atomic E-state index is 12.3. The Labute approximate surface area is 171 Å². The third kappa shape index (κ3) is 4.90. The van der Waals surface area contributed by atoms with Crippen LogP contribution in [0.25, 0.3) is 0 Å². The van der Waals surface area contributed by atoms with Crippen molar-refractivity contribution in [2.24, 2.45) is 0 Å². The van der Waals surface area contributed by atoms with Crippen LogP contribution >= 0.6 is 0 Å². The first-order valence-electron chi connectivity index (χ1n) is 10.1. The quantitative estimate of drug-likeness (QED) is 0.659. The lowest BCUT2D eigenvalue weighted by Crippen LogP contribution is -2.30. The Morgan fingerprint density at radius 1 is 0.862 bits per heavy atom. The topological polar surface area (TPSA) is 70.2 Å². The van der Waals surface area contributed by atoms with Gasteiger partial charge in [-0.3, -0.25) is 4.79 Å². The highest BCUT2D eigenvalue weighted by Gasteiger charge is 2.14. The highest BCUT2D eigenvalue weighted by molar-refractivity contribution is 6.02. The molecule has 1 aromatic heterocycles. The minimum Gasteiger partial charge on any atom is -0.371 e. The third-order valence-corrected chi connectivity index (χ3v) is 5.08. The van der Waals surface area contributed by atoms with E-state index in [1.807, 2.05) is 30.3 Å². The molecule has 1 aliphatic rings. The fraction of sp³-hybridized carbons (Fsp3) is 0.261. The Bertz CT molecular complexity index is 937. The van der Waals surface area contributed by atoms with Gasteiger partial charge in [0.25, 0.3) is 5.91 Å². The Morgan fingerprint density at radius 2 is 1.62 bits per heavy atom. The Balaban J connectivity index is 1.38. The molecule has 2 aromatic carbocycles. The highest BCUT2D eigenvalue weighted by atomic mass is 16.1. The number of hydrogen-bond donors (Lipinski definition) is 2. The summed E-state index contributed by atoms with van der Waals surface area (Å²) in [7, 11) is 0. The lowest BCUT2D eigenvalue weighted by atomic mass is 10.1. The third-order valence-electron chi connectivity index (χ3n) is 5.08. The minimum atomic E-state index is -0.273. The van der Waals surface area contributed by atoms with Gasteiger partial charge in [0.15, 0.2) is 5.69 Å². The molecule has 6 heteroatoms. The molecule has 0 unspecified atom stereocenters. The van der Waals surface area contributed by atoms with Crippen molar-refractivity contribution in [1.82, 2.24) is 10.2 Å². The zero-order chi connectivity index (χ0) is 19.9. The van der Waals surface area contributed by atoms with Crippen LogP contribution in [-0.4, -0.2) is 29.2 Å². The molecule has 2 N–H and O–H groups in total. The van der Waals surface area contributed by atoms with E-state index in [4.69, 9.17) is 0 Å². The van der Waals surface area contributed by atoms with Crippen molar-refractivity contribution >= 4 is 23.1 Å². The number of para-hydroxylation sites is 2. The first-order valence-corrected chi connectivity index (χ1v) is 10.1. The van der Waals surface area contributed by atoms with Gasteiger partial charge in [-0.05, 0) is 55.2 Å². The lowest BCUT2D eigenvalue weighted by Gasteiger charge is -2.30. The van der Waals surface area contributed by atoms with Crippen LogP contribution in [0.1, 0.15) is 35.3 Å². The summed E-state index contributed by atoms with van der Waals surface area (Å²) in [4.78, 5) is 14.7. The number of nitrogens with zero attached hydrogens (tertiary/aromatic N) is 3. The van der Waals surface area contributed by atoms with Crippen LogP contribution in [0.4, 0.5) is 17.2 Å². The SMILES string of the molecule is O=C(Nc1ccccc1)c1ccc(NCc2ccccc2N2CCCCC2)nn1. The van der Waals surface area contributed by atoms with E-state index < -0.39 is 0 Å². The number of carbonyl (C=O) groups is 1. The number of rotatable bonds is 6. The van der Waals surface area contributed by atoms with Crippen molar-refractivity contribution < 1.29 is 4.79 Å². The second-order valence-corrected chi connectivity index (χ2v) is 7.15. The van der Waals surface area contributed by atoms with Crippen LogP contribution in [0.2, 0.25) is 0 Å². The molecule has 29 heavy (non-hydrogen) atoms. The smallest absolute Gasteiger partial charge is 0.276 e. The average molecular weight is 387 g/mol. The van der Waals surface area contributed by atoms with Gasteiger partial charge in [-0.2, -0.15) is 0 Å². The Hall–Kier alpha value is -3.41. The summed E-state index contributed by atoms with van der Waals surface area (Å²) in [5.41, 5.74) is 3.54. The van der Waals surface area contributed by atoms with Gasteiger partial charge in [-0.25, -0.2) is 0 Å². The van der Waals surface area contributed by atoms with Crippen molar-refractivity contribution in [3.8, 4) is 0 Å². The molecule has 6 nitrogen and oxygen atoms in total. The van der Waals surface area contributed by atoms with Crippen molar-refractivity contribution in [2.75, 3.05) is 28.6 Å². The van der Waals surface area contributed by atoms with Crippen molar-refractivity contribution in [3.05, 3.63) is 78.0 Å². The molecule has 1 aliphatic heterocycles. The summed E-state index contributed by atoms with van der Waals surface area (Å²) in [6.07, 6.45) is 3.82. The number of anilines is 3. The standard InChI is InChI=1S/C23H25N5O/c29-23(25-19-10-3-1-4-11-19)20-13-14-22(27-26-20)24-17-18-9-5-6-12-21(18)28-15-7-2-8-16-28/h1,3-6,9-14H,2,7-8,15-17H2,(H,24,27)(H,25,29). The van der Waals surface area contributed by atoms with E-state index in [0.717, 1.165) is 18.8 Å². The molecule has 0 bridgehead atoms. The predicted octanol–water partition coefficient (Wildman–Crippen LogP) is 4.33. The van der Waals surface area contributed by atoms with Crippen molar-refractivity contribution in [2.45, 2.75) is 25.8 Å². The van der Waals surface area contributed by atoms with E-state index in [1.165, 1.54) is 30.5 Å². The first kappa shape index (κ1) is 18.9. The molecule has 3 aromatic rings.